The minimum atomic E-state index is -0.0306. The van der Waals surface area contributed by atoms with Gasteiger partial charge in [0, 0.05) is 42.4 Å². The van der Waals surface area contributed by atoms with Crippen molar-refractivity contribution in [2.45, 2.75) is 32.4 Å². The third-order valence-corrected chi connectivity index (χ3v) is 7.41. The van der Waals surface area contributed by atoms with Gasteiger partial charge < -0.3 is 5.32 Å². The Morgan fingerprint density at radius 3 is 2.53 bits per heavy atom. The van der Waals surface area contributed by atoms with Crippen LogP contribution in [0.1, 0.15) is 46.0 Å². The van der Waals surface area contributed by atoms with Crippen molar-refractivity contribution in [1.82, 2.24) is 15.2 Å². The molecule has 1 fully saturated rings. The lowest BCUT2D eigenvalue weighted by Crippen LogP contribution is -2.44. The maximum atomic E-state index is 12.9. The molecule has 6 heteroatoms. The standard InChI is InChI=1S/C28H27N3O2S/c1-19(32)21-8-5-9-23(16-21)28-30-25-11-10-22(17-26(25)34-28)27(33)29-24-12-14-31(15-13-24)18-20-6-3-2-4-7-20/h2-11,16-17,24H,12-15,18H2,1H3,(H,29,33). The number of likely N-dealkylation sites (tertiary alicyclic amines) is 1. The Morgan fingerprint density at radius 1 is 0.971 bits per heavy atom. The number of hydrogen-bond donors (Lipinski definition) is 1. The van der Waals surface area contributed by atoms with Crippen molar-refractivity contribution >= 4 is 33.2 Å². The molecule has 0 spiro atoms. The van der Waals surface area contributed by atoms with Gasteiger partial charge in [-0.25, -0.2) is 4.98 Å². The quantitative estimate of drug-likeness (QED) is 0.376. The first-order chi connectivity index (χ1) is 16.5. The van der Waals surface area contributed by atoms with Crippen LogP contribution >= 0.6 is 11.3 Å². The number of ketones is 1. The summed E-state index contributed by atoms with van der Waals surface area (Å²) in [5, 5.41) is 4.07. The molecular formula is C28H27N3O2S. The van der Waals surface area contributed by atoms with E-state index in [0.717, 1.165) is 53.3 Å². The molecule has 5 rings (SSSR count). The second-order valence-electron chi connectivity index (χ2n) is 8.85. The molecule has 0 atom stereocenters. The molecule has 3 aromatic carbocycles. The zero-order valence-corrected chi connectivity index (χ0v) is 20.0. The van der Waals surface area contributed by atoms with Crippen molar-refractivity contribution in [3.05, 3.63) is 89.5 Å². The zero-order chi connectivity index (χ0) is 23.5. The van der Waals surface area contributed by atoms with E-state index in [1.165, 1.54) is 5.56 Å². The van der Waals surface area contributed by atoms with Crippen molar-refractivity contribution in [2.24, 2.45) is 0 Å². The van der Waals surface area contributed by atoms with Crippen molar-refractivity contribution in [2.75, 3.05) is 13.1 Å². The molecule has 1 aromatic heterocycles. The minimum absolute atomic E-state index is 0.0306. The summed E-state index contributed by atoms with van der Waals surface area (Å²) in [5.41, 5.74) is 4.44. The number of carbonyl (C=O) groups excluding carboxylic acids is 2. The van der Waals surface area contributed by atoms with E-state index >= 15 is 0 Å². The predicted molar refractivity (Wildman–Crippen MR) is 137 cm³/mol. The maximum Gasteiger partial charge on any atom is 0.251 e. The number of piperidine rings is 1. The van der Waals surface area contributed by atoms with E-state index in [1.807, 2.05) is 48.5 Å². The van der Waals surface area contributed by atoms with Gasteiger partial charge in [-0.15, -0.1) is 11.3 Å². The van der Waals surface area contributed by atoms with Crippen molar-refractivity contribution in [3.63, 3.8) is 0 Å². The van der Waals surface area contributed by atoms with E-state index < -0.39 is 0 Å². The van der Waals surface area contributed by atoms with Crippen LogP contribution in [0.3, 0.4) is 0 Å². The van der Waals surface area contributed by atoms with E-state index in [-0.39, 0.29) is 17.7 Å². The lowest BCUT2D eigenvalue weighted by Gasteiger charge is -2.32. The highest BCUT2D eigenvalue weighted by Gasteiger charge is 2.21. The van der Waals surface area contributed by atoms with Crippen LogP contribution in [0.25, 0.3) is 20.8 Å². The number of rotatable bonds is 6. The summed E-state index contributed by atoms with van der Waals surface area (Å²) in [6.07, 6.45) is 1.91. The van der Waals surface area contributed by atoms with Crippen molar-refractivity contribution < 1.29 is 9.59 Å². The summed E-state index contributed by atoms with van der Waals surface area (Å²) in [5.74, 6) is 0.00440. The number of nitrogens with zero attached hydrogens (tertiary/aromatic N) is 2. The number of Topliss-reactive ketones (excluding diaryl/α,β-unsaturated/α-hetero) is 1. The van der Waals surface area contributed by atoms with Gasteiger partial charge in [0.1, 0.15) is 5.01 Å². The number of thiazole rings is 1. The highest BCUT2D eigenvalue weighted by Crippen LogP contribution is 2.31. The second-order valence-corrected chi connectivity index (χ2v) is 9.88. The molecule has 172 valence electrons. The molecule has 1 saturated heterocycles. The molecule has 1 aliphatic heterocycles. The first-order valence-electron chi connectivity index (χ1n) is 11.6. The summed E-state index contributed by atoms with van der Waals surface area (Å²) in [6, 6.07) is 23.9. The van der Waals surface area contributed by atoms with Gasteiger partial charge in [0.25, 0.3) is 5.91 Å². The summed E-state index contributed by atoms with van der Waals surface area (Å²) < 4.78 is 0.966. The van der Waals surface area contributed by atoms with Crippen LogP contribution in [0.2, 0.25) is 0 Å². The molecule has 0 saturated carbocycles. The Labute approximate surface area is 203 Å². The fraction of sp³-hybridized carbons (Fsp3) is 0.250. The van der Waals surface area contributed by atoms with Crippen LogP contribution in [-0.2, 0) is 6.54 Å². The van der Waals surface area contributed by atoms with E-state index in [4.69, 9.17) is 4.98 Å². The van der Waals surface area contributed by atoms with E-state index in [0.29, 0.717) is 11.1 Å². The molecular weight excluding hydrogens is 442 g/mol. The highest BCUT2D eigenvalue weighted by molar-refractivity contribution is 7.21. The second kappa shape index (κ2) is 9.87. The van der Waals surface area contributed by atoms with Gasteiger partial charge in [-0.05, 0) is 49.6 Å². The van der Waals surface area contributed by atoms with Crippen LogP contribution < -0.4 is 5.32 Å². The summed E-state index contributed by atoms with van der Waals surface area (Å²) in [7, 11) is 0. The number of hydrogen-bond acceptors (Lipinski definition) is 5. The molecule has 4 aromatic rings. The van der Waals surface area contributed by atoms with Crippen LogP contribution in [0.5, 0.6) is 0 Å². The van der Waals surface area contributed by atoms with E-state index in [9.17, 15) is 9.59 Å². The van der Waals surface area contributed by atoms with Gasteiger partial charge >= 0.3 is 0 Å². The SMILES string of the molecule is CC(=O)c1cccc(-c2nc3ccc(C(=O)NC4CCN(Cc5ccccc5)CC4)cc3s2)c1. The Morgan fingerprint density at radius 2 is 1.76 bits per heavy atom. The Kier molecular flexibility index (Phi) is 6.52. The molecule has 0 unspecified atom stereocenters. The van der Waals surface area contributed by atoms with Gasteiger partial charge in [-0.1, -0.05) is 48.5 Å². The Bertz CT molecular complexity index is 1320. The number of carbonyl (C=O) groups is 2. The normalized spacial score (nSPS) is 14.9. The van der Waals surface area contributed by atoms with Gasteiger partial charge in [0.2, 0.25) is 0 Å². The number of aromatic nitrogens is 1. The largest absolute Gasteiger partial charge is 0.349 e. The van der Waals surface area contributed by atoms with Crippen molar-refractivity contribution in [1.29, 1.82) is 0 Å². The molecule has 5 nitrogen and oxygen atoms in total. The topological polar surface area (TPSA) is 62.3 Å². The third-order valence-electron chi connectivity index (χ3n) is 6.34. The average molecular weight is 470 g/mol. The molecule has 0 bridgehead atoms. The van der Waals surface area contributed by atoms with Crippen LogP contribution in [0.4, 0.5) is 0 Å². The predicted octanol–water partition coefficient (Wildman–Crippen LogP) is 5.56. The summed E-state index contributed by atoms with van der Waals surface area (Å²) in [4.78, 5) is 31.8. The molecule has 1 aliphatic rings. The van der Waals surface area contributed by atoms with E-state index in [2.05, 4.69) is 34.5 Å². The maximum absolute atomic E-state index is 12.9. The van der Waals surface area contributed by atoms with Gasteiger partial charge in [-0.2, -0.15) is 0 Å². The Hall–Kier alpha value is -3.35. The molecule has 1 amide bonds. The average Bonchev–Trinajstić information content (AvgIpc) is 3.29. The lowest BCUT2D eigenvalue weighted by atomic mass is 10.0. The first kappa shape index (κ1) is 22.4. The van der Waals surface area contributed by atoms with E-state index in [1.54, 1.807) is 18.3 Å². The fourth-order valence-corrected chi connectivity index (χ4v) is 5.41. The minimum Gasteiger partial charge on any atom is -0.349 e. The third kappa shape index (κ3) is 5.08. The van der Waals surface area contributed by atoms with Gasteiger partial charge in [0.15, 0.2) is 5.78 Å². The summed E-state index contributed by atoms with van der Waals surface area (Å²) >= 11 is 1.54. The summed E-state index contributed by atoms with van der Waals surface area (Å²) in [6.45, 7) is 4.49. The van der Waals surface area contributed by atoms with Crippen LogP contribution in [0.15, 0.2) is 72.8 Å². The number of benzene rings is 3. The molecule has 0 aliphatic carbocycles. The molecule has 1 N–H and O–H groups in total. The number of amides is 1. The molecule has 2 heterocycles. The number of nitrogens with one attached hydrogen (secondary N) is 1. The van der Waals surface area contributed by atoms with Gasteiger partial charge in [0.05, 0.1) is 10.2 Å². The lowest BCUT2D eigenvalue weighted by molar-refractivity contribution is 0.0908. The monoisotopic (exact) mass is 469 g/mol. The highest BCUT2D eigenvalue weighted by atomic mass is 32.1. The fourth-order valence-electron chi connectivity index (χ4n) is 4.41. The first-order valence-corrected chi connectivity index (χ1v) is 12.5. The zero-order valence-electron chi connectivity index (χ0n) is 19.2. The van der Waals surface area contributed by atoms with Gasteiger partial charge in [-0.3, -0.25) is 14.5 Å². The molecule has 0 radical (unpaired) electrons. The number of fused-ring (bicyclic) bond motifs is 1. The van der Waals surface area contributed by atoms with Crippen LogP contribution in [-0.4, -0.2) is 40.7 Å². The Balaban J connectivity index is 1.23. The molecule has 34 heavy (non-hydrogen) atoms. The van der Waals surface area contributed by atoms with Crippen molar-refractivity contribution in [3.8, 4) is 10.6 Å². The van der Waals surface area contributed by atoms with Crippen LogP contribution in [0, 0.1) is 0 Å². The smallest absolute Gasteiger partial charge is 0.251 e.